The first kappa shape index (κ1) is 14.8. The average Bonchev–Trinajstić information content (AvgIpc) is 2.88. The molecule has 7 nitrogen and oxygen atoms in total. The van der Waals surface area contributed by atoms with Crippen molar-refractivity contribution in [3.05, 3.63) is 34.3 Å². The quantitative estimate of drug-likeness (QED) is 0.852. The number of furan rings is 1. The highest BCUT2D eigenvalue weighted by molar-refractivity contribution is 5.75. The number of nitrogens with zero attached hydrogens (tertiary/aromatic N) is 2. The van der Waals surface area contributed by atoms with Gasteiger partial charge in [0.05, 0.1) is 0 Å². The first-order valence-electron chi connectivity index (χ1n) is 6.72. The van der Waals surface area contributed by atoms with Crippen molar-refractivity contribution in [3.8, 4) is 11.5 Å². The van der Waals surface area contributed by atoms with Crippen molar-refractivity contribution >= 4 is 11.6 Å². The topological polar surface area (TPSA) is 103 Å². The number of carbonyl (C=O) groups is 1. The number of aromatic nitrogens is 2. The standard InChI is InChI=1S/C14H18N4O3/c1-3-6-16-13(19)8-18-14(20)10(15)7-11(17-18)12-5-4-9(2)21-12/h4-5,7H,3,6,8,15H2,1-2H3,(H,16,19). The first-order valence-corrected chi connectivity index (χ1v) is 6.72. The fourth-order valence-corrected chi connectivity index (χ4v) is 1.82. The Bertz CT molecular complexity index is 702. The number of nitrogen functional groups attached to an aromatic ring is 1. The Kier molecular flexibility index (Phi) is 4.42. The number of amides is 1. The van der Waals surface area contributed by atoms with Gasteiger partial charge in [-0.3, -0.25) is 9.59 Å². The van der Waals surface area contributed by atoms with E-state index in [0.29, 0.717) is 18.0 Å². The van der Waals surface area contributed by atoms with E-state index >= 15 is 0 Å². The van der Waals surface area contributed by atoms with Crippen molar-refractivity contribution in [2.24, 2.45) is 0 Å². The summed E-state index contributed by atoms with van der Waals surface area (Å²) in [4.78, 5) is 23.6. The zero-order valence-electron chi connectivity index (χ0n) is 12.0. The van der Waals surface area contributed by atoms with Gasteiger partial charge in [-0.25, -0.2) is 4.68 Å². The number of rotatable bonds is 5. The van der Waals surface area contributed by atoms with Gasteiger partial charge in [-0.2, -0.15) is 5.10 Å². The minimum atomic E-state index is -0.492. The summed E-state index contributed by atoms with van der Waals surface area (Å²) in [5.41, 5.74) is 5.65. The average molecular weight is 290 g/mol. The molecule has 0 saturated heterocycles. The molecule has 1 amide bonds. The Hall–Kier alpha value is -2.57. The van der Waals surface area contributed by atoms with Gasteiger partial charge in [0, 0.05) is 6.54 Å². The lowest BCUT2D eigenvalue weighted by molar-refractivity contribution is -0.121. The number of aryl methyl sites for hydroxylation is 1. The summed E-state index contributed by atoms with van der Waals surface area (Å²) in [5.74, 6) is 0.948. The lowest BCUT2D eigenvalue weighted by Gasteiger charge is -2.08. The largest absolute Gasteiger partial charge is 0.460 e. The van der Waals surface area contributed by atoms with Crippen LogP contribution in [0.4, 0.5) is 5.69 Å². The number of nitrogens with one attached hydrogen (secondary N) is 1. The molecule has 0 fully saturated rings. The summed E-state index contributed by atoms with van der Waals surface area (Å²) in [5, 5.41) is 6.82. The Morgan fingerprint density at radius 2 is 2.24 bits per heavy atom. The smallest absolute Gasteiger partial charge is 0.290 e. The molecule has 2 heterocycles. The van der Waals surface area contributed by atoms with Crippen molar-refractivity contribution in [3.63, 3.8) is 0 Å². The van der Waals surface area contributed by atoms with Gasteiger partial charge in [-0.1, -0.05) is 6.92 Å². The third-order valence-electron chi connectivity index (χ3n) is 2.86. The van der Waals surface area contributed by atoms with Crippen LogP contribution in [0, 0.1) is 6.92 Å². The van der Waals surface area contributed by atoms with E-state index in [1.807, 2.05) is 6.92 Å². The molecule has 0 aliphatic carbocycles. The molecule has 2 aromatic heterocycles. The van der Waals surface area contributed by atoms with E-state index in [2.05, 4.69) is 10.4 Å². The van der Waals surface area contributed by atoms with E-state index in [9.17, 15) is 9.59 Å². The van der Waals surface area contributed by atoms with Crippen LogP contribution >= 0.6 is 0 Å². The van der Waals surface area contributed by atoms with Gasteiger partial charge < -0.3 is 15.5 Å². The first-order chi connectivity index (χ1) is 10.0. The van der Waals surface area contributed by atoms with Crippen LogP contribution in [0.3, 0.4) is 0 Å². The zero-order chi connectivity index (χ0) is 15.4. The van der Waals surface area contributed by atoms with E-state index in [-0.39, 0.29) is 18.1 Å². The van der Waals surface area contributed by atoms with Crippen LogP contribution < -0.4 is 16.6 Å². The van der Waals surface area contributed by atoms with Crippen molar-refractivity contribution in [2.75, 3.05) is 12.3 Å². The van der Waals surface area contributed by atoms with Crippen LogP contribution in [0.25, 0.3) is 11.5 Å². The van der Waals surface area contributed by atoms with Crippen molar-refractivity contribution in [1.29, 1.82) is 0 Å². The highest BCUT2D eigenvalue weighted by atomic mass is 16.3. The van der Waals surface area contributed by atoms with Gasteiger partial charge in [-0.15, -0.1) is 0 Å². The molecule has 0 bridgehead atoms. The zero-order valence-corrected chi connectivity index (χ0v) is 12.0. The summed E-state index contributed by atoms with van der Waals surface area (Å²) in [6.07, 6.45) is 0.821. The summed E-state index contributed by atoms with van der Waals surface area (Å²) < 4.78 is 6.50. The Morgan fingerprint density at radius 3 is 2.86 bits per heavy atom. The molecule has 2 aromatic rings. The number of hydrogen-bond acceptors (Lipinski definition) is 5. The van der Waals surface area contributed by atoms with Gasteiger partial charge in [-0.05, 0) is 31.5 Å². The minimum absolute atomic E-state index is 0.0253. The molecular weight excluding hydrogens is 272 g/mol. The molecule has 3 N–H and O–H groups in total. The summed E-state index contributed by atoms with van der Waals surface area (Å²) in [7, 11) is 0. The second-order valence-electron chi connectivity index (χ2n) is 4.71. The predicted molar refractivity (Wildman–Crippen MR) is 78.6 cm³/mol. The number of nitrogens with two attached hydrogens (primary N) is 1. The number of anilines is 1. The third-order valence-corrected chi connectivity index (χ3v) is 2.86. The molecule has 0 atom stereocenters. The normalized spacial score (nSPS) is 10.6. The van der Waals surface area contributed by atoms with Crippen LogP contribution in [0.1, 0.15) is 19.1 Å². The summed E-state index contributed by atoms with van der Waals surface area (Å²) in [6.45, 7) is 4.14. The fraction of sp³-hybridized carbons (Fsp3) is 0.357. The van der Waals surface area contributed by atoms with Gasteiger partial charge >= 0.3 is 0 Å². The van der Waals surface area contributed by atoms with E-state index in [1.165, 1.54) is 6.07 Å². The molecule has 0 aliphatic rings. The van der Waals surface area contributed by atoms with Gasteiger partial charge in [0.2, 0.25) is 5.91 Å². The van der Waals surface area contributed by atoms with Gasteiger partial charge in [0.15, 0.2) is 5.76 Å². The fourth-order valence-electron chi connectivity index (χ4n) is 1.82. The van der Waals surface area contributed by atoms with Crippen molar-refractivity contribution in [2.45, 2.75) is 26.8 Å². The predicted octanol–water partition coefficient (Wildman–Crippen LogP) is 0.920. The number of hydrogen-bond donors (Lipinski definition) is 2. The molecule has 0 saturated carbocycles. The van der Waals surface area contributed by atoms with E-state index in [1.54, 1.807) is 19.1 Å². The van der Waals surface area contributed by atoms with Crippen LogP contribution in [0.5, 0.6) is 0 Å². The molecule has 0 unspecified atom stereocenters. The highest BCUT2D eigenvalue weighted by Gasteiger charge is 2.12. The summed E-state index contributed by atoms with van der Waals surface area (Å²) in [6, 6.07) is 4.97. The molecule has 0 spiro atoms. The lowest BCUT2D eigenvalue weighted by atomic mass is 10.3. The van der Waals surface area contributed by atoms with Crippen LogP contribution in [0.2, 0.25) is 0 Å². The second kappa shape index (κ2) is 6.25. The number of carbonyl (C=O) groups excluding carboxylic acids is 1. The molecule has 0 radical (unpaired) electrons. The van der Waals surface area contributed by atoms with E-state index in [0.717, 1.165) is 16.9 Å². The monoisotopic (exact) mass is 290 g/mol. The van der Waals surface area contributed by atoms with Crippen molar-refractivity contribution < 1.29 is 9.21 Å². The highest BCUT2D eigenvalue weighted by Crippen LogP contribution is 2.19. The molecule has 0 aromatic carbocycles. The van der Waals surface area contributed by atoms with Crippen molar-refractivity contribution in [1.82, 2.24) is 15.1 Å². The molecule has 0 aliphatic heterocycles. The van der Waals surface area contributed by atoms with Crippen LogP contribution in [-0.2, 0) is 11.3 Å². The lowest BCUT2D eigenvalue weighted by Crippen LogP contribution is -2.35. The van der Waals surface area contributed by atoms with E-state index in [4.69, 9.17) is 10.2 Å². The minimum Gasteiger partial charge on any atom is -0.460 e. The Morgan fingerprint density at radius 1 is 1.48 bits per heavy atom. The Labute approximate surface area is 121 Å². The SMILES string of the molecule is CCCNC(=O)Cn1nc(-c2ccc(C)o2)cc(N)c1=O. The van der Waals surface area contributed by atoms with Crippen LogP contribution in [-0.4, -0.2) is 22.2 Å². The summed E-state index contributed by atoms with van der Waals surface area (Å²) >= 11 is 0. The van der Waals surface area contributed by atoms with Gasteiger partial charge in [0.25, 0.3) is 5.56 Å². The van der Waals surface area contributed by atoms with E-state index < -0.39 is 5.56 Å². The maximum absolute atomic E-state index is 11.9. The van der Waals surface area contributed by atoms with Gasteiger partial charge in [0.1, 0.15) is 23.7 Å². The molecular formula is C14H18N4O3. The molecule has 7 heteroatoms. The molecule has 2 rings (SSSR count). The van der Waals surface area contributed by atoms with Crippen LogP contribution in [0.15, 0.2) is 27.4 Å². The maximum atomic E-state index is 11.9. The molecule has 21 heavy (non-hydrogen) atoms. The second-order valence-corrected chi connectivity index (χ2v) is 4.71. The molecule has 112 valence electrons. The third kappa shape index (κ3) is 3.50. The maximum Gasteiger partial charge on any atom is 0.290 e. The Balaban J connectivity index is 2.31.